The number of piperazine rings is 1. The van der Waals surface area contributed by atoms with Crippen LogP contribution in [-0.4, -0.2) is 71.6 Å². The molecule has 1 N–H and O–H groups in total. The van der Waals surface area contributed by atoms with E-state index in [-0.39, 0.29) is 12.1 Å². The van der Waals surface area contributed by atoms with Crippen molar-refractivity contribution in [2.75, 3.05) is 50.7 Å². The Balaban J connectivity index is 1.30. The van der Waals surface area contributed by atoms with E-state index in [1.165, 1.54) is 19.3 Å². The molecule has 0 aliphatic carbocycles. The van der Waals surface area contributed by atoms with E-state index in [1.54, 1.807) is 18.7 Å². The molecular weight excluding hydrogens is 356 g/mol. The third-order valence-corrected chi connectivity index (χ3v) is 5.55. The van der Waals surface area contributed by atoms with Gasteiger partial charge in [-0.15, -0.1) is 0 Å². The van der Waals surface area contributed by atoms with E-state index in [1.807, 2.05) is 23.1 Å². The summed E-state index contributed by atoms with van der Waals surface area (Å²) in [6, 6.07) is 5.81. The largest absolute Gasteiger partial charge is 0.468 e. The number of aromatic nitrogens is 2. The van der Waals surface area contributed by atoms with Crippen LogP contribution in [0.3, 0.4) is 0 Å². The maximum absolute atomic E-state index is 12.7. The number of likely N-dealkylation sites (tertiary alicyclic amines) is 1. The first-order valence-corrected chi connectivity index (χ1v) is 10.1. The second kappa shape index (κ2) is 9.05. The van der Waals surface area contributed by atoms with Crippen LogP contribution >= 0.6 is 0 Å². The molecule has 28 heavy (non-hydrogen) atoms. The van der Waals surface area contributed by atoms with E-state index in [0.29, 0.717) is 19.6 Å². The van der Waals surface area contributed by atoms with Gasteiger partial charge in [0.15, 0.2) is 0 Å². The van der Waals surface area contributed by atoms with Crippen LogP contribution in [0.2, 0.25) is 0 Å². The van der Waals surface area contributed by atoms with Gasteiger partial charge in [-0.3, -0.25) is 4.90 Å². The Morgan fingerprint density at radius 2 is 1.79 bits per heavy atom. The SMILES string of the molecule is O=C(NCC(c1ccco1)N1CCCCC1)N1CCN(c2ncccn2)CC1. The van der Waals surface area contributed by atoms with E-state index in [9.17, 15) is 4.79 Å². The van der Waals surface area contributed by atoms with Crippen LogP contribution in [0.1, 0.15) is 31.1 Å². The zero-order chi connectivity index (χ0) is 19.2. The van der Waals surface area contributed by atoms with Gasteiger partial charge in [-0.25, -0.2) is 14.8 Å². The fourth-order valence-corrected chi connectivity index (χ4v) is 3.98. The number of rotatable bonds is 5. The number of amides is 2. The Hall–Kier alpha value is -2.61. The Labute approximate surface area is 165 Å². The molecule has 4 heterocycles. The second-order valence-electron chi connectivity index (χ2n) is 7.34. The normalized spacial score (nSPS) is 19.4. The Morgan fingerprint density at radius 3 is 2.46 bits per heavy atom. The topological polar surface area (TPSA) is 77.7 Å². The molecule has 2 aliphatic heterocycles. The minimum absolute atomic E-state index is 0.0119. The van der Waals surface area contributed by atoms with Crippen molar-refractivity contribution in [1.29, 1.82) is 0 Å². The van der Waals surface area contributed by atoms with Crippen LogP contribution in [0.15, 0.2) is 41.3 Å². The molecule has 0 radical (unpaired) electrons. The lowest BCUT2D eigenvalue weighted by Gasteiger charge is -2.36. The van der Waals surface area contributed by atoms with E-state index >= 15 is 0 Å². The molecule has 150 valence electrons. The molecule has 0 spiro atoms. The first-order chi connectivity index (χ1) is 13.8. The van der Waals surface area contributed by atoms with Gasteiger partial charge in [-0.1, -0.05) is 6.42 Å². The lowest BCUT2D eigenvalue weighted by Crippen LogP contribution is -2.53. The van der Waals surface area contributed by atoms with E-state index < -0.39 is 0 Å². The first-order valence-electron chi connectivity index (χ1n) is 10.1. The third kappa shape index (κ3) is 4.44. The first kappa shape index (κ1) is 18.7. The molecule has 2 aliphatic rings. The number of hydrogen-bond donors (Lipinski definition) is 1. The molecule has 8 nitrogen and oxygen atoms in total. The van der Waals surface area contributed by atoms with Gasteiger partial charge in [0.25, 0.3) is 0 Å². The number of carbonyl (C=O) groups is 1. The zero-order valence-electron chi connectivity index (χ0n) is 16.2. The molecule has 0 saturated carbocycles. The maximum atomic E-state index is 12.7. The predicted molar refractivity (Wildman–Crippen MR) is 106 cm³/mol. The van der Waals surface area contributed by atoms with Crippen LogP contribution in [0, 0.1) is 0 Å². The number of carbonyl (C=O) groups excluding carboxylic acids is 1. The van der Waals surface area contributed by atoms with Crippen LogP contribution in [0.5, 0.6) is 0 Å². The van der Waals surface area contributed by atoms with Crippen LogP contribution in [0.4, 0.5) is 10.7 Å². The molecule has 2 saturated heterocycles. The van der Waals surface area contributed by atoms with Gasteiger partial charge in [0.05, 0.1) is 12.3 Å². The highest BCUT2D eigenvalue weighted by Crippen LogP contribution is 2.24. The summed E-state index contributed by atoms with van der Waals surface area (Å²) in [6.45, 7) is 5.48. The Kier molecular flexibility index (Phi) is 6.06. The van der Waals surface area contributed by atoms with Gasteiger partial charge in [0, 0.05) is 45.1 Å². The van der Waals surface area contributed by atoms with Gasteiger partial charge in [-0.05, 0) is 44.1 Å². The summed E-state index contributed by atoms with van der Waals surface area (Å²) >= 11 is 0. The predicted octanol–water partition coefficient (Wildman–Crippen LogP) is 2.13. The molecule has 1 atom stereocenters. The molecule has 2 aromatic rings. The average Bonchev–Trinajstić information content (AvgIpc) is 3.30. The average molecular weight is 384 g/mol. The minimum atomic E-state index is -0.0119. The van der Waals surface area contributed by atoms with Gasteiger partial charge < -0.3 is 19.5 Å². The monoisotopic (exact) mass is 384 g/mol. The third-order valence-electron chi connectivity index (χ3n) is 5.55. The standard InChI is InChI=1S/C20H28N6O2/c27-20(26-13-11-25(12-14-26)19-21-7-5-8-22-19)23-16-17(18-6-4-15-28-18)24-9-2-1-3-10-24/h4-8,15,17H,1-3,9-14,16H2,(H,23,27). The van der Waals surface area contributed by atoms with Gasteiger partial charge in [-0.2, -0.15) is 0 Å². The van der Waals surface area contributed by atoms with Crippen molar-refractivity contribution in [3.8, 4) is 0 Å². The molecule has 2 fully saturated rings. The van der Waals surface area contributed by atoms with E-state index in [4.69, 9.17) is 4.42 Å². The number of nitrogens with one attached hydrogen (secondary N) is 1. The second-order valence-corrected chi connectivity index (χ2v) is 7.34. The number of nitrogens with zero attached hydrogens (tertiary/aromatic N) is 5. The molecule has 0 aromatic carbocycles. The highest BCUT2D eigenvalue weighted by Gasteiger charge is 2.27. The van der Waals surface area contributed by atoms with Crippen molar-refractivity contribution in [1.82, 2.24) is 25.1 Å². The van der Waals surface area contributed by atoms with Crippen LogP contribution in [0.25, 0.3) is 0 Å². The maximum Gasteiger partial charge on any atom is 0.317 e. The van der Waals surface area contributed by atoms with Gasteiger partial charge in [0.1, 0.15) is 5.76 Å². The number of furan rings is 1. The minimum Gasteiger partial charge on any atom is -0.468 e. The van der Waals surface area contributed by atoms with Crippen LogP contribution < -0.4 is 10.2 Å². The molecule has 1 unspecified atom stereocenters. The van der Waals surface area contributed by atoms with Crippen molar-refractivity contribution >= 4 is 12.0 Å². The lowest BCUT2D eigenvalue weighted by molar-refractivity contribution is 0.139. The molecule has 0 bridgehead atoms. The van der Waals surface area contributed by atoms with E-state index in [0.717, 1.165) is 37.9 Å². The molecule has 4 rings (SSSR count). The van der Waals surface area contributed by atoms with E-state index in [2.05, 4.69) is 25.1 Å². The highest BCUT2D eigenvalue weighted by atomic mass is 16.3. The van der Waals surface area contributed by atoms with Crippen molar-refractivity contribution in [2.24, 2.45) is 0 Å². The zero-order valence-corrected chi connectivity index (χ0v) is 16.2. The summed E-state index contributed by atoms with van der Waals surface area (Å²) in [5, 5.41) is 3.13. The molecule has 2 aromatic heterocycles. The number of anilines is 1. The summed E-state index contributed by atoms with van der Waals surface area (Å²) in [7, 11) is 0. The number of piperidine rings is 1. The number of hydrogen-bond acceptors (Lipinski definition) is 6. The summed E-state index contributed by atoms with van der Waals surface area (Å²) in [4.78, 5) is 27.7. The quantitative estimate of drug-likeness (QED) is 0.851. The summed E-state index contributed by atoms with van der Waals surface area (Å²) in [5.41, 5.74) is 0. The fourth-order valence-electron chi connectivity index (χ4n) is 3.98. The van der Waals surface area contributed by atoms with Crippen molar-refractivity contribution in [3.63, 3.8) is 0 Å². The van der Waals surface area contributed by atoms with Crippen molar-refractivity contribution < 1.29 is 9.21 Å². The summed E-state index contributed by atoms with van der Waals surface area (Å²) < 4.78 is 5.66. The van der Waals surface area contributed by atoms with Gasteiger partial charge in [0.2, 0.25) is 5.95 Å². The summed E-state index contributed by atoms with van der Waals surface area (Å²) in [6.07, 6.45) is 8.89. The Morgan fingerprint density at radius 1 is 1.04 bits per heavy atom. The van der Waals surface area contributed by atoms with Crippen molar-refractivity contribution in [2.45, 2.75) is 25.3 Å². The molecular formula is C20H28N6O2. The summed E-state index contributed by atoms with van der Waals surface area (Å²) in [5.74, 6) is 1.65. The lowest BCUT2D eigenvalue weighted by atomic mass is 10.1. The van der Waals surface area contributed by atoms with Crippen molar-refractivity contribution in [3.05, 3.63) is 42.6 Å². The molecule has 2 amide bonds. The molecule has 8 heteroatoms. The smallest absolute Gasteiger partial charge is 0.317 e. The Bertz CT molecular complexity index is 724. The van der Waals surface area contributed by atoms with Gasteiger partial charge >= 0.3 is 6.03 Å². The fraction of sp³-hybridized carbons (Fsp3) is 0.550. The highest BCUT2D eigenvalue weighted by molar-refractivity contribution is 5.74. The van der Waals surface area contributed by atoms with Crippen LogP contribution in [-0.2, 0) is 0 Å². The number of urea groups is 1.